The van der Waals surface area contributed by atoms with Crippen molar-refractivity contribution < 1.29 is 17.9 Å². The van der Waals surface area contributed by atoms with Crippen LogP contribution < -0.4 is 5.32 Å². The average Bonchev–Trinajstić information content (AvgIpc) is 1.93. The van der Waals surface area contributed by atoms with E-state index in [1.165, 1.54) is 0 Å². The highest BCUT2D eigenvalue weighted by Gasteiger charge is 2.28. The lowest BCUT2D eigenvalue weighted by Crippen LogP contribution is -2.30. The molecule has 0 amide bonds. The Morgan fingerprint density at radius 3 is 2.31 bits per heavy atom. The highest BCUT2D eigenvalue weighted by atomic mass is 19.4. The number of hydrogen-bond donors (Lipinski definition) is 1. The van der Waals surface area contributed by atoms with Crippen LogP contribution in [0.25, 0.3) is 0 Å². The molecule has 0 spiro atoms. The van der Waals surface area contributed by atoms with Gasteiger partial charge in [-0.25, -0.2) is 0 Å². The molecule has 80 valence electrons. The van der Waals surface area contributed by atoms with Crippen molar-refractivity contribution in [2.75, 3.05) is 40.3 Å². The van der Waals surface area contributed by atoms with Crippen molar-refractivity contribution in [2.45, 2.75) is 6.36 Å². The van der Waals surface area contributed by atoms with Gasteiger partial charge in [-0.2, -0.15) is 0 Å². The van der Waals surface area contributed by atoms with Crippen LogP contribution in [0, 0.1) is 0 Å². The van der Waals surface area contributed by atoms with Crippen LogP contribution in [0.1, 0.15) is 0 Å². The van der Waals surface area contributed by atoms with Crippen molar-refractivity contribution in [3.05, 3.63) is 0 Å². The summed E-state index contributed by atoms with van der Waals surface area (Å²) in [5.74, 6) is 0. The van der Waals surface area contributed by atoms with E-state index in [9.17, 15) is 13.2 Å². The summed E-state index contributed by atoms with van der Waals surface area (Å²) >= 11 is 0. The van der Waals surface area contributed by atoms with Crippen molar-refractivity contribution in [1.29, 1.82) is 0 Å². The number of likely N-dealkylation sites (N-methyl/N-ethyl adjacent to an activating group) is 1. The fourth-order valence-electron chi connectivity index (χ4n) is 0.667. The maximum absolute atomic E-state index is 11.4. The summed E-state index contributed by atoms with van der Waals surface area (Å²) in [5, 5.41) is 2.82. The molecule has 0 unspecified atom stereocenters. The second kappa shape index (κ2) is 6.17. The van der Waals surface area contributed by atoms with Gasteiger partial charge in [-0.05, 0) is 14.1 Å². The maximum Gasteiger partial charge on any atom is 0.522 e. The standard InChI is InChI=1S/C7H15F3N2O/c1-12(2)5-3-11-4-6-13-7(8,9)10/h11H,3-6H2,1-2H3. The quantitative estimate of drug-likeness (QED) is 0.638. The van der Waals surface area contributed by atoms with E-state index in [1.807, 2.05) is 19.0 Å². The van der Waals surface area contributed by atoms with Crippen LogP contribution in [0.5, 0.6) is 0 Å². The van der Waals surface area contributed by atoms with Gasteiger partial charge < -0.3 is 10.2 Å². The Bertz CT molecular complexity index is 127. The zero-order chi connectivity index (χ0) is 10.3. The molecule has 0 aliphatic carbocycles. The normalized spacial score (nSPS) is 12.5. The number of nitrogens with zero attached hydrogens (tertiary/aromatic N) is 1. The number of alkyl halides is 3. The molecular weight excluding hydrogens is 185 g/mol. The van der Waals surface area contributed by atoms with Crippen LogP contribution in [-0.2, 0) is 4.74 Å². The van der Waals surface area contributed by atoms with Crippen molar-refractivity contribution in [2.24, 2.45) is 0 Å². The van der Waals surface area contributed by atoms with E-state index in [0.29, 0.717) is 6.54 Å². The predicted octanol–water partition coefficient (Wildman–Crippen LogP) is 0.674. The Labute approximate surface area is 75.8 Å². The Morgan fingerprint density at radius 1 is 1.23 bits per heavy atom. The van der Waals surface area contributed by atoms with Crippen molar-refractivity contribution >= 4 is 0 Å². The number of halogens is 3. The van der Waals surface area contributed by atoms with Crippen LogP contribution in [0.4, 0.5) is 13.2 Å². The molecular formula is C7H15F3N2O. The third kappa shape index (κ3) is 11.7. The minimum absolute atomic E-state index is 0.216. The molecule has 0 aromatic carbocycles. The van der Waals surface area contributed by atoms with Crippen LogP contribution in [-0.4, -0.2) is 51.6 Å². The molecule has 0 aromatic heterocycles. The molecule has 0 saturated heterocycles. The van der Waals surface area contributed by atoms with E-state index in [1.54, 1.807) is 0 Å². The van der Waals surface area contributed by atoms with Gasteiger partial charge in [0.25, 0.3) is 0 Å². The minimum atomic E-state index is -4.51. The van der Waals surface area contributed by atoms with Crippen LogP contribution in [0.15, 0.2) is 0 Å². The molecule has 0 fully saturated rings. The molecule has 0 bridgehead atoms. The monoisotopic (exact) mass is 200 g/mol. The molecule has 3 nitrogen and oxygen atoms in total. The third-order valence-corrected chi connectivity index (χ3v) is 1.28. The van der Waals surface area contributed by atoms with Crippen LogP contribution in [0.3, 0.4) is 0 Å². The van der Waals surface area contributed by atoms with Gasteiger partial charge >= 0.3 is 6.36 Å². The number of ether oxygens (including phenoxy) is 1. The van der Waals surface area contributed by atoms with Crippen molar-refractivity contribution in [3.63, 3.8) is 0 Å². The summed E-state index contributed by atoms with van der Waals surface area (Å²) in [6, 6.07) is 0. The van der Waals surface area contributed by atoms with Gasteiger partial charge in [-0.1, -0.05) is 0 Å². The van der Waals surface area contributed by atoms with E-state index in [2.05, 4.69) is 10.1 Å². The highest BCUT2D eigenvalue weighted by Crippen LogP contribution is 2.14. The predicted molar refractivity (Wildman–Crippen MR) is 43.4 cm³/mol. The molecule has 0 heterocycles. The van der Waals surface area contributed by atoms with E-state index >= 15 is 0 Å². The summed E-state index contributed by atoms with van der Waals surface area (Å²) in [7, 11) is 3.79. The molecule has 0 aliphatic heterocycles. The lowest BCUT2D eigenvalue weighted by Gasteiger charge is -2.11. The molecule has 0 rings (SSSR count). The zero-order valence-corrected chi connectivity index (χ0v) is 7.82. The number of rotatable bonds is 6. The van der Waals surface area contributed by atoms with Gasteiger partial charge in [0.15, 0.2) is 0 Å². The first-order valence-electron chi connectivity index (χ1n) is 3.98. The molecule has 0 radical (unpaired) electrons. The maximum atomic E-state index is 11.4. The Morgan fingerprint density at radius 2 is 1.85 bits per heavy atom. The summed E-state index contributed by atoms with van der Waals surface area (Å²) in [4.78, 5) is 1.94. The molecule has 1 N–H and O–H groups in total. The lowest BCUT2D eigenvalue weighted by molar-refractivity contribution is -0.323. The van der Waals surface area contributed by atoms with Crippen LogP contribution >= 0.6 is 0 Å². The molecule has 0 aliphatic rings. The Kier molecular flexibility index (Phi) is 6.02. The summed E-state index contributed by atoms with van der Waals surface area (Å²) < 4.78 is 37.9. The van der Waals surface area contributed by atoms with Gasteiger partial charge in [0.1, 0.15) is 0 Å². The first kappa shape index (κ1) is 12.7. The largest absolute Gasteiger partial charge is 0.522 e. The van der Waals surface area contributed by atoms with Gasteiger partial charge in [-0.3, -0.25) is 4.74 Å². The first-order valence-corrected chi connectivity index (χ1v) is 3.98. The zero-order valence-electron chi connectivity index (χ0n) is 7.82. The van der Waals surface area contributed by atoms with E-state index in [-0.39, 0.29) is 13.2 Å². The SMILES string of the molecule is CN(C)CCNCCOC(F)(F)F. The number of nitrogens with one attached hydrogen (secondary N) is 1. The first-order chi connectivity index (χ1) is 5.92. The van der Waals surface area contributed by atoms with Crippen molar-refractivity contribution in [1.82, 2.24) is 10.2 Å². The topological polar surface area (TPSA) is 24.5 Å². The second-order valence-corrected chi connectivity index (χ2v) is 2.85. The van der Waals surface area contributed by atoms with E-state index < -0.39 is 6.36 Å². The fourth-order valence-corrected chi connectivity index (χ4v) is 0.667. The van der Waals surface area contributed by atoms with Crippen molar-refractivity contribution in [3.8, 4) is 0 Å². The fraction of sp³-hybridized carbons (Fsp3) is 1.00. The van der Waals surface area contributed by atoms with Gasteiger partial charge in [-0.15, -0.1) is 13.2 Å². The van der Waals surface area contributed by atoms with Crippen LogP contribution in [0.2, 0.25) is 0 Å². The highest BCUT2D eigenvalue weighted by molar-refractivity contribution is 4.49. The third-order valence-electron chi connectivity index (χ3n) is 1.28. The lowest BCUT2D eigenvalue weighted by atomic mass is 10.5. The van der Waals surface area contributed by atoms with Gasteiger partial charge in [0.05, 0.1) is 6.61 Å². The number of hydrogen-bond acceptors (Lipinski definition) is 3. The summed E-state index contributed by atoms with van der Waals surface area (Å²) in [5.41, 5.74) is 0. The Balaban J connectivity index is 3.09. The molecule has 0 aromatic rings. The van der Waals surface area contributed by atoms with E-state index in [0.717, 1.165) is 6.54 Å². The molecule has 0 atom stereocenters. The van der Waals surface area contributed by atoms with Gasteiger partial charge in [0, 0.05) is 19.6 Å². The average molecular weight is 200 g/mol. The Hall–Kier alpha value is -0.330. The summed E-state index contributed by atoms with van der Waals surface area (Å²) in [6.07, 6.45) is -4.51. The minimum Gasteiger partial charge on any atom is -0.313 e. The van der Waals surface area contributed by atoms with Gasteiger partial charge in [0.2, 0.25) is 0 Å². The molecule has 0 saturated carbocycles. The molecule has 13 heavy (non-hydrogen) atoms. The van der Waals surface area contributed by atoms with E-state index in [4.69, 9.17) is 0 Å². The smallest absolute Gasteiger partial charge is 0.313 e. The molecule has 6 heteroatoms. The summed E-state index contributed by atoms with van der Waals surface area (Å²) in [6.45, 7) is 1.34. The second-order valence-electron chi connectivity index (χ2n) is 2.85.